The fourth-order valence-corrected chi connectivity index (χ4v) is 3.56. The number of benzene rings is 1. The van der Waals surface area contributed by atoms with Crippen molar-refractivity contribution in [3.63, 3.8) is 0 Å². The molecule has 1 nitrogen and oxygen atoms in total. The molecule has 2 rings (SSSR count). The maximum absolute atomic E-state index is 3.85. The summed E-state index contributed by atoms with van der Waals surface area (Å²) < 4.78 is 0. The summed E-state index contributed by atoms with van der Waals surface area (Å²) in [5.41, 5.74) is 1.46. The van der Waals surface area contributed by atoms with E-state index in [0.717, 1.165) is 6.04 Å². The predicted molar refractivity (Wildman–Crippen MR) is 77.6 cm³/mol. The molecule has 1 aliphatic rings. The molecule has 2 heteroatoms. The van der Waals surface area contributed by atoms with Crippen LogP contribution in [-0.2, 0) is 0 Å². The number of rotatable bonds is 6. The third kappa shape index (κ3) is 4.04. The quantitative estimate of drug-likeness (QED) is 0.817. The summed E-state index contributed by atoms with van der Waals surface area (Å²) >= 11 is 2.08. The van der Waals surface area contributed by atoms with Gasteiger partial charge in [0.15, 0.2) is 0 Å². The highest BCUT2D eigenvalue weighted by atomic mass is 32.2. The Morgan fingerprint density at radius 3 is 2.82 bits per heavy atom. The van der Waals surface area contributed by atoms with E-state index in [-0.39, 0.29) is 0 Å². The van der Waals surface area contributed by atoms with Crippen LogP contribution in [-0.4, -0.2) is 17.5 Å². The number of thioether (sulfide) groups is 1. The van der Waals surface area contributed by atoms with E-state index in [4.69, 9.17) is 0 Å². The minimum absolute atomic E-state index is 0.555. The van der Waals surface area contributed by atoms with Crippen molar-refractivity contribution in [3.8, 4) is 0 Å². The van der Waals surface area contributed by atoms with Crippen molar-refractivity contribution in [3.05, 3.63) is 35.9 Å². The van der Waals surface area contributed by atoms with Crippen LogP contribution in [0.1, 0.15) is 44.2 Å². The van der Waals surface area contributed by atoms with E-state index in [2.05, 4.69) is 54.3 Å². The van der Waals surface area contributed by atoms with Crippen LogP contribution in [0, 0.1) is 0 Å². The lowest BCUT2D eigenvalue weighted by atomic mass is 10.00. The molecule has 0 bridgehead atoms. The predicted octanol–water partition coefficient (Wildman–Crippen LogP) is 4.01. The SMILES string of the molecule is CCCCC(NC1CCSC1)c1ccccc1. The van der Waals surface area contributed by atoms with Crippen LogP contribution < -0.4 is 5.32 Å². The molecule has 0 amide bonds. The van der Waals surface area contributed by atoms with E-state index in [1.54, 1.807) is 0 Å². The Morgan fingerprint density at radius 2 is 2.18 bits per heavy atom. The summed E-state index contributed by atoms with van der Waals surface area (Å²) in [4.78, 5) is 0. The van der Waals surface area contributed by atoms with Crippen LogP contribution in [0.2, 0.25) is 0 Å². The van der Waals surface area contributed by atoms with E-state index in [1.807, 2.05) is 0 Å². The van der Waals surface area contributed by atoms with Crippen LogP contribution in [0.5, 0.6) is 0 Å². The van der Waals surface area contributed by atoms with Gasteiger partial charge in [0.25, 0.3) is 0 Å². The first-order valence-corrected chi connectivity index (χ1v) is 7.94. The molecule has 1 fully saturated rings. The molecular formula is C15H23NS. The Hall–Kier alpha value is -0.470. The van der Waals surface area contributed by atoms with E-state index in [1.165, 1.54) is 42.8 Å². The Balaban J connectivity index is 1.97. The molecule has 94 valence electrons. The lowest BCUT2D eigenvalue weighted by Gasteiger charge is -2.23. The maximum atomic E-state index is 3.85. The molecule has 1 N–H and O–H groups in total. The lowest BCUT2D eigenvalue weighted by molar-refractivity contribution is 0.427. The molecule has 1 aliphatic heterocycles. The van der Waals surface area contributed by atoms with Gasteiger partial charge in [0, 0.05) is 17.8 Å². The van der Waals surface area contributed by atoms with Gasteiger partial charge in [-0.1, -0.05) is 50.1 Å². The minimum Gasteiger partial charge on any atom is -0.306 e. The minimum atomic E-state index is 0.555. The second-order valence-corrected chi connectivity index (χ2v) is 5.98. The third-order valence-corrected chi connectivity index (χ3v) is 4.58. The molecule has 0 radical (unpaired) electrons. The van der Waals surface area contributed by atoms with Gasteiger partial charge in [0.05, 0.1) is 0 Å². The number of hydrogen-bond donors (Lipinski definition) is 1. The first-order valence-electron chi connectivity index (χ1n) is 6.79. The van der Waals surface area contributed by atoms with Gasteiger partial charge >= 0.3 is 0 Å². The smallest absolute Gasteiger partial charge is 0.0322 e. The molecule has 17 heavy (non-hydrogen) atoms. The van der Waals surface area contributed by atoms with E-state index in [9.17, 15) is 0 Å². The van der Waals surface area contributed by atoms with E-state index in [0.29, 0.717) is 6.04 Å². The summed E-state index contributed by atoms with van der Waals surface area (Å²) in [7, 11) is 0. The highest BCUT2D eigenvalue weighted by Crippen LogP contribution is 2.24. The highest BCUT2D eigenvalue weighted by Gasteiger charge is 2.19. The fraction of sp³-hybridized carbons (Fsp3) is 0.600. The standard InChI is InChI=1S/C15H23NS/c1-2-3-9-15(13-7-5-4-6-8-13)16-14-10-11-17-12-14/h4-8,14-16H,2-3,9-12H2,1H3. The van der Waals surface area contributed by atoms with Crippen molar-refractivity contribution in [2.24, 2.45) is 0 Å². The molecule has 0 aliphatic carbocycles. The summed E-state index contributed by atoms with van der Waals surface area (Å²) in [6.45, 7) is 2.27. The van der Waals surface area contributed by atoms with Crippen LogP contribution in [0.15, 0.2) is 30.3 Å². The average molecular weight is 249 g/mol. The zero-order valence-corrected chi connectivity index (χ0v) is 11.5. The highest BCUT2D eigenvalue weighted by molar-refractivity contribution is 7.99. The number of unbranched alkanes of at least 4 members (excludes halogenated alkanes) is 1. The zero-order chi connectivity index (χ0) is 11.9. The molecule has 1 heterocycles. The van der Waals surface area contributed by atoms with Gasteiger partial charge in [-0.3, -0.25) is 0 Å². The van der Waals surface area contributed by atoms with Gasteiger partial charge in [0.2, 0.25) is 0 Å². The van der Waals surface area contributed by atoms with Crippen LogP contribution in [0.3, 0.4) is 0 Å². The monoisotopic (exact) mass is 249 g/mol. The van der Waals surface area contributed by atoms with Crippen molar-refractivity contribution >= 4 is 11.8 Å². The van der Waals surface area contributed by atoms with Gasteiger partial charge in [-0.05, 0) is 24.2 Å². The first-order chi connectivity index (χ1) is 8.40. The normalized spacial score (nSPS) is 21.6. The Labute approximate surface area is 109 Å². The summed E-state index contributed by atoms with van der Waals surface area (Å²) in [5.74, 6) is 2.61. The molecule has 2 atom stereocenters. The Morgan fingerprint density at radius 1 is 1.35 bits per heavy atom. The summed E-state index contributed by atoms with van der Waals surface area (Å²) in [6, 6.07) is 12.2. The van der Waals surface area contributed by atoms with Crippen molar-refractivity contribution in [2.45, 2.75) is 44.7 Å². The number of hydrogen-bond acceptors (Lipinski definition) is 2. The molecule has 0 aromatic heterocycles. The summed E-state index contributed by atoms with van der Waals surface area (Å²) in [6.07, 6.45) is 5.19. The zero-order valence-electron chi connectivity index (χ0n) is 10.7. The van der Waals surface area contributed by atoms with Crippen LogP contribution in [0.4, 0.5) is 0 Å². The third-order valence-electron chi connectivity index (χ3n) is 3.41. The van der Waals surface area contributed by atoms with Gasteiger partial charge in [0.1, 0.15) is 0 Å². The average Bonchev–Trinajstić information content (AvgIpc) is 2.88. The fourth-order valence-electron chi connectivity index (χ4n) is 2.39. The van der Waals surface area contributed by atoms with Crippen molar-refractivity contribution < 1.29 is 0 Å². The molecule has 0 spiro atoms. The second kappa shape index (κ2) is 7.07. The second-order valence-electron chi connectivity index (χ2n) is 4.83. The molecular weight excluding hydrogens is 226 g/mol. The lowest BCUT2D eigenvalue weighted by Crippen LogP contribution is -2.32. The van der Waals surface area contributed by atoms with E-state index < -0.39 is 0 Å². The van der Waals surface area contributed by atoms with Gasteiger partial charge in [-0.25, -0.2) is 0 Å². The Kier molecular flexibility index (Phi) is 5.40. The molecule has 1 aromatic carbocycles. The van der Waals surface area contributed by atoms with Gasteiger partial charge in [-0.2, -0.15) is 11.8 Å². The topological polar surface area (TPSA) is 12.0 Å². The van der Waals surface area contributed by atoms with Gasteiger partial charge in [-0.15, -0.1) is 0 Å². The maximum Gasteiger partial charge on any atom is 0.0322 e. The van der Waals surface area contributed by atoms with Crippen LogP contribution in [0.25, 0.3) is 0 Å². The first kappa shape index (κ1) is 13.0. The summed E-state index contributed by atoms with van der Waals surface area (Å²) in [5, 5.41) is 3.85. The Bertz CT molecular complexity index is 306. The molecule has 1 saturated heterocycles. The van der Waals surface area contributed by atoms with Crippen LogP contribution >= 0.6 is 11.8 Å². The van der Waals surface area contributed by atoms with Crippen molar-refractivity contribution in [1.82, 2.24) is 5.32 Å². The molecule has 0 saturated carbocycles. The molecule has 1 aromatic rings. The molecule has 2 unspecified atom stereocenters. The van der Waals surface area contributed by atoms with Crippen molar-refractivity contribution in [1.29, 1.82) is 0 Å². The van der Waals surface area contributed by atoms with Crippen molar-refractivity contribution in [2.75, 3.05) is 11.5 Å². The van der Waals surface area contributed by atoms with Gasteiger partial charge < -0.3 is 5.32 Å². The number of nitrogens with one attached hydrogen (secondary N) is 1. The largest absolute Gasteiger partial charge is 0.306 e. The van der Waals surface area contributed by atoms with E-state index >= 15 is 0 Å².